The van der Waals surface area contributed by atoms with E-state index < -0.39 is 0 Å². The fourth-order valence-corrected chi connectivity index (χ4v) is 6.85. The predicted octanol–water partition coefficient (Wildman–Crippen LogP) is 11.9. The van der Waals surface area contributed by atoms with Gasteiger partial charge >= 0.3 is 11.9 Å². The molecule has 4 rings (SSSR count). The van der Waals surface area contributed by atoms with Gasteiger partial charge in [0.1, 0.15) is 17.2 Å². The summed E-state index contributed by atoms with van der Waals surface area (Å²) in [6.45, 7) is 8.26. The Bertz CT molecular complexity index is 1880. The summed E-state index contributed by atoms with van der Waals surface area (Å²) in [7, 11) is 0. The molecule has 0 bridgehead atoms. The van der Waals surface area contributed by atoms with Gasteiger partial charge in [-0.25, -0.2) is 19.7 Å². The van der Waals surface area contributed by atoms with Crippen molar-refractivity contribution < 1.29 is 34.0 Å². The van der Waals surface area contributed by atoms with Gasteiger partial charge < -0.3 is 24.4 Å². The Balaban J connectivity index is 1.24. The van der Waals surface area contributed by atoms with Crippen LogP contribution in [0.15, 0.2) is 78.9 Å². The van der Waals surface area contributed by atoms with E-state index in [1.54, 1.807) is 25.1 Å². The van der Waals surface area contributed by atoms with Crippen molar-refractivity contribution >= 4 is 11.9 Å². The van der Waals surface area contributed by atoms with Crippen LogP contribution in [0.1, 0.15) is 135 Å². The van der Waals surface area contributed by atoms with E-state index in [9.17, 15) is 19.8 Å². The van der Waals surface area contributed by atoms with E-state index in [0.717, 1.165) is 81.8 Å². The van der Waals surface area contributed by atoms with Gasteiger partial charge in [-0.15, -0.1) is 0 Å². The van der Waals surface area contributed by atoms with E-state index in [4.69, 9.17) is 29.2 Å². The Morgan fingerprint density at radius 1 is 0.542 bits per heavy atom. The number of aromatic nitrogens is 3. The molecule has 3 aromatic carbocycles. The van der Waals surface area contributed by atoms with Crippen molar-refractivity contribution in [3.05, 3.63) is 84.4 Å². The lowest BCUT2D eigenvalue weighted by Gasteiger charge is -2.12. The number of rotatable bonds is 29. The van der Waals surface area contributed by atoms with Crippen molar-refractivity contribution in [2.75, 3.05) is 19.8 Å². The highest BCUT2D eigenvalue weighted by Crippen LogP contribution is 2.35. The van der Waals surface area contributed by atoms with Crippen LogP contribution < -0.4 is 4.74 Å². The van der Waals surface area contributed by atoms with Gasteiger partial charge in [-0.3, -0.25) is 4.79 Å². The Morgan fingerprint density at radius 2 is 1.02 bits per heavy atom. The maximum absolute atomic E-state index is 11.4. The molecule has 0 aliphatic carbocycles. The first-order valence-electron chi connectivity index (χ1n) is 21.8. The highest BCUT2D eigenvalue weighted by atomic mass is 16.5. The third-order valence-corrected chi connectivity index (χ3v) is 10.2. The number of hydrogen-bond acceptors (Lipinski definition) is 10. The van der Waals surface area contributed by atoms with Crippen molar-refractivity contribution in [1.82, 2.24) is 15.0 Å². The highest BCUT2D eigenvalue weighted by Gasteiger charge is 2.17. The maximum atomic E-state index is 11.4. The van der Waals surface area contributed by atoms with E-state index in [-0.39, 0.29) is 23.4 Å². The Morgan fingerprint density at radius 3 is 1.54 bits per heavy atom. The van der Waals surface area contributed by atoms with Crippen LogP contribution in [0.4, 0.5) is 0 Å². The number of benzene rings is 3. The third-order valence-electron chi connectivity index (χ3n) is 10.2. The second kappa shape index (κ2) is 26.7. The normalized spacial score (nSPS) is 11.0. The zero-order valence-electron chi connectivity index (χ0n) is 35.4. The van der Waals surface area contributed by atoms with Gasteiger partial charge in [-0.2, -0.15) is 0 Å². The van der Waals surface area contributed by atoms with Crippen LogP contribution in [-0.2, 0) is 25.5 Å². The van der Waals surface area contributed by atoms with Gasteiger partial charge in [0.2, 0.25) is 0 Å². The van der Waals surface area contributed by atoms with Crippen molar-refractivity contribution in [1.29, 1.82) is 0 Å². The molecule has 0 radical (unpaired) electrons. The molecule has 0 saturated carbocycles. The van der Waals surface area contributed by atoms with Crippen LogP contribution in [0.5, 0.6) is 17.2 Å². The molecule has 0 atom stereocenters. The first-order chi connectivity index (χ1) is 28.7. The average molecular weight is 808 g/mol. The summed E-state index contributed by atoms with van der Waals surface area (Å²) in [5, 5.41) is 22.3. The molecule has 4 aromatic rings. The lowest BCUT2D eigenvalue weighted by Crippen LogP contribution is -2.05. The molecular weight excluding hydrogens is 743 g/mol. The molecule has 318 valence electrons. The van der Waals surface area contributed by atoms with E-state index in [0.29, 0.717) is 59.7 Å². The Kier molecular flexibility index (Phi) is 21.0. The lowest BCUT2D eigenvalue weighted by molar-refractivity contribution is -0.141. The zero-order valence-corrected chi connectivity index (χ0v) is 35.4. The Hall–Kier alpha value is -5.25. The van der Waals surface area contributed by atoms with E-state index in [1.807, 2.05) is 48.5 Å². The molecule has 2 N–H and O–H groups in total. The van der Waals surface area contributed by atoms with Gasteiger partial charge in [-0.1, -0.05) is 133 Å². The second-order valence-electron chi connectivity index (χ2n) is 15.4. The number of ether oxygens (including phenoxy) is 3. The number of aryl methyl sites for hydroxylation is 1. The number of aromatic hydroxyl groups is 2. The van der Waals surface area contributed by atoms with Crippen molar-refractivity contribution in [2.24, 2.45) is 0 Å². The third kappa shape index (κ3) is 17.6. The summed E-state index contributed by atoms with van der Waals surface area (Å²) in [4.78, 5) is 36.5. The number of phenols is 2. The van der Waals surface area contributed by atoms with Crippen molar-refractivity contribution in [2.45, 2.75) is 136 Å². The quantitative estimate of drug-likeness (QED) is 0.0309. The molecule has 1 aromatic heterocycles. The van der Waals surface area contributed by atoms with Crippen LogP contribution in [0.2, 0.25) is 0 Å². The molecule has 10 nitrogen and oxygen atoms in total. The number of phenolic OH excluding ortho intramolecular Hbond substituents is 2. The van der Waals surface area contributed by atoms with Gasteiger partial charge in [-0.05, 0) is 68.9 Å². The minimum Gasteiger partial charge on any atom is -0.507 e. The first-order valence-corrected chi connectivity index (χ1v) is 21.8. The summed E-state index contributed by atoms with van der Waals surface area (Å²) in [6.07, 6.45) is 21.0. The molecule has 0 unspecified atom stereocenters. The molecule has 59 heavy (non-hydrogen) atoms. The highest BCUT2D eigenvalue weighted by molar-refractivity contribution is 5.86. The number of hydrogen-bond donors (Lipinski definition) is 2. The van der Waals surface area contributed by atoms with Gasteiger partial charge in [0.15, 0.2) is 17.5 Å². The minimum absolute atomic E-state index is 0.00321. The van der Waals surface area contributed by atoms with E-state index in [2.05, 4.69) is 6.58 Å². The predicted molar refractivity (Wildman–Crippen MR) is 234 cm³/mol. The van der Waals surface area contributed by atoms with Crippen LogP contribution in [0.3, 0.4) is 0 Å². The number of carbonyl (C=O) groups is 2. The zero-order chi connectivity index (χ0) is 42.1. The summed E-state index contributed by atoms with van der Waals surface area (Å²) >= 11 is 0. The Labute approximate surface area is 351 Å². The van der Waals surface area contributed by atoms with Crippen molar-refractivity contribution in [3.8, 4) is 51.4 Å². The monoisotopic (exact) mass is 807 g/mol. The molecule has 0 aliphatic rings. The SMILES string of the molecule is C=C(C)C(=O)OCCCCCCCCCCCOc1ccc(-c2nc(-c3ccccc3)nc(-c3ccc(CCCCCCCCCCCOC(C)=O)cc3O)n2)c(O)c1. The van der Waals surface area contributed by atoms with Crippen LogP contribution >= 0.6 is 0 Å². The molecule has 0 aliphatic heterocycles. The minimum atomic E-state index is -0.308. The van der Waals surface area contributed by atoms with Crippen molar-refractivity contribution in [3.63, 3.8) is 0 Å². The number of carbonyl (C=O) groups excluding carboxylic acids is 2. The number of esters is 2. The smallest absolute Gasteiger partial charge is 0.333 e. The molecule has 1 heterocycles. The van der Waals surface area contributed by atoms with E-state index >= 15 is 0 Å². The molecule has 0 spiro atoms. The van der Waals surface area contributed by atoms with E-state index in [1.165, 1.54) is 58.3 Å². The topological polar surface area (TPSA) is 141 Å². The van der Waals surface area contributed by atoms with Crippen LogP contribution in [-0.4, -0.2) is 56.9 Å². The number of nitrogens with zero attached hydrogens (tertiary/aromatic N) is 3. The summed E-state index contributed by atoms with van der Waals surface area (Å²) < 4.78 is 16.1. The second-order valence-corrected chi connectivity index (χ2v) is 15.4. The standard InChI is InChI=1S/C49H65N3O7/c1-37(2)49(56)59-34-24-17-13-9-5-8-12-16-23-33-58-41-29-31-43(45(55)36-41)48-51-46(40-26-20-18-21-27-40)50-47(52-48)42-30-28-39(35-44(42)54)25-19-14-10-6-4-7-11-15-22-32-57-38(3)53/h18,20-21,26-31,35-36,54-55H,1,4-17,19,22-25,32-34H2,2-3H3. The summed E-state index contributed by atoms with van der Waals surface area (Å²) in [6, 6.07) is 20.5. The maximum Gasteiger partial charge on any atom is 0.333 e. The molecule has 0 saturated heterocycles. The van der Waals surface area contributed by atoms with Gasteiger partial charge in [0.25, 0.3) is 0 Å². The lowest BCUT2D eigenvalue weighted by atomic mass is 10.0. The van der Waals surface area contributed by atoms with Crippen LogP contribution in [0.25, 0.3) is 34.2 Å². The summed E-state index contributed by atoms with van der Waals surface area (Å²) in [5.41, 5.74) is 3.25. The molecule has 10 heteroatoms. The molecule has 0 amide bonds. The fraction of sp³-hybridized carbons (Fsp3) is 0.490. The van der Waals surface area contributed by atoms with Gasteiger partial charge in [0, 0.05) is 24.1 Å². The molecule has 0 fully saturated rings. The van der Waals surface area contributed by atoms with Crippen LogP contribution in [0, 0.1) is 0 Å². The molecular formula is C49H65N3O7. The first kappa shape index (κ1) is 46.4. The van der Waals surface area contributed by atoms with Gasteiger partial charge in [0.05, 0.1) is 30.9 Å². The largest absolute Gasteiger partial charge is 0.507 e. The average Bonchev–Trinajstić information content (AvgIpc) is 3.22. The number of unbranched alkanes of at least 4 members (excludes halogenated alkanes) is 16. The summed E-state index contributed by atoms with van der Waals surface area (Å²) in [5.74, 6) is 1.24. The fourth-order valence-electron chi connectivity index (χ4n) is 6.85.